The first kappa shape index (κ1) is 39.4. The first-order valence-electron chi connectivity index (χ1n) is 14.7. The number of esters is 1. The number of carbonyl (C=O) groups excluding carboxylic acids is 1. The molecule has 0 aromatic heterocycles. The lowest BCUT2D eigenvalue weighted by molar-refractivity contribution is -0.386. The minimum Gasteiger partial charge on any atom is -0.490 e. The Labute approximate surface area is 278 Å². The molecule has 0 unspecified atom stereocenters. The molecule has 50 heavy (non-hydrogen) atoms. The molecule has 0 heterocycles. The summed E-state index contributed by atoms with van der Waals surface area (Å²) in [4.78, 5) is 22.7. The Hall–Kier alpha value is -5.01. The lowest BCUT2D eigenvalue weighted by Gasteiger charge is -2.31. The highest BCUT2D eigenvalue weighted by atomic mass is 19.4. The van der Waals surface area contributed by atoms with E-state index in [1.165, 1.54) is 36.4 Å². The van der Waals surface area contributed by atoms with E-state index in [1.54, 1.807) is 0 Å². The van der Waals surface area contributed by atoms with Crippen molar-refractivity contribution in [1.82, 2.24) is 0 Å². The third-order valence-electron chi connectivity index (χ3n) is 6.91. The van der Waals surface area contributed by atoms with E-state index in [4.69, 9.17) is 9.47 Å². The number of nitrogens with zero attached hydrogens (tertiary/aromatic N) is 1. The number of hydrogen-bond donors (Lipinski definition) is 0. The molecule has 0 fully saturated rings. The quantitative estimate of drug-likeness (QED) is 0.0279. The molecule has 0 atom stereocenters. The lowest BCUT2D eigenvalue weighted by atomic mass is 10.1. The molecule has 3 rings (SSSR count). The number of nitro benzene ring substituents is 1. The second-order valence-corrected chi connectivity index (χ2v) is 10.6. The number of alkyl halides is 8. The van der Waals surface area contributed by atoms with Crippen LogP contribution in [0.4, 0.5) is 49.6 Å². The van der Waals surface area contributed by atoms with Crippen LogP contribution in [0.15, 0.2) is 54.6 Å². The maximum absolute atomic E-state index is 14.5. The first-order chi connectivity index (χ1) is 23.4. The van der Waals surface area contributed by atoms with Crippen molar-refractivity contribution < 1.29 is 67.8 Å². The molecule has 0 radical (unpaired) electrons. The van der Waals surface area contributed by atoms with Gasteiger partial charge in [0.25, 0.3) is 0 Å². The van der Waals surface area contributed by atoms with Gasteiger partial charge in [0.05, 0.1) is 22.7 Å². The Balaban J connectivity index is 1.66. The van der Waals surface area contributed by atoms with Crippen LogP contribution in [0.2, 0.25) is 0 Å². The summed E-state index contributed by atoms with van der Waals surface area (Å²) in [5.74, 6) is -19.1. The Morgan fingerprint density at radius 3 is 2.10 bits per heavy atom. The van der Waals surface area contributed by atoms with E-state index in [-0.39, 0.29) is 29.2 Å². The highest BCUT2D eigenvalue weighted by Gasteiger charge is 2.75. The monoisotopic (exact) mass is 723 g/mol. The number of carbonyl (C=O) groups is 1. The molecule has 0 N–H and O–H groups in total. The van der Waals surface area contributed by atoms with E-state index in [0.29, 0.717) is 18.6 Å². The predicted molar refractivity (Wildman–Crippen MR) is 157 cm³/mol. The highest BCUT2D eigenvalue weighted by Crippen LogP contribution is 2.48. The van der Waals surface area contributed by atoms with Crippen LogP contribution >= 0.6 is 0 Å². The van der Waals surface area contributed by atoms with Crippen molar-refractivity contribution in [1.29, 1.82) is 0 Å². The standard InChI is InChI=1S/C33H27F10NO6/c1-2-3-4-5-6-17-48-26-16-11-21(27(34)28(26)35)10-7-20-8-13-23(14-9-20)50-29(45)22-12-15-25(24(18-22)44(46)47)49-19-31(38,39)33(42,43)32(40,41)30(36)37/h8-9,11-16,18,30H,2-6,17,19H2,1H3. The second kappa shape index (κ2) is 16.6. The summed E-state index contributed by atoms with van der Waals surface area (Å²) >= 11 is 0. The zero-order valence-corrected chi connectivity index (χ0v) is 25.9. The molecule has 0 saturated carbocycles. The third kappa shape index (κ3) is 9.36. The van der Waals surface area contributed by atoms with Crippen molar-refractivity contribution in [2.45, 2.75) is 63.2 Å². The van der Waals surface area contributed by atoms with E-state index < -0.39 is 70.3 Å². The maximum Gasteiger partial charge on any atom is 0.381 e. The fourth-order valence-corrected chi connectivity index (χ4v) is 4.09. The van der Waals surface area contributed by atoms with Gasteiger partial charge in [0, 0.05) is 11.6 Å². The van der Waals surface area contributed by atoms with Gasteiger partial charge in [0.15, 0.2) is 23.9 Å². The van der Waals surface area contributed by atoms with Gasteiger partial charge in [0.2, 0.25) is 5.82 Å². The predicted octanol–water partition coefficient (Wildman–Crippen LogP) is 9.39. The molecule has 0 bridgehead atoms. The second-order valence-electron chi connectivity index (χ2n) is 10.6. The third-order valence-corrected chi connectivity index (χ3v) is 6.91. The summed E-state index contributed by atoms with van der Waals surface area (Å²) in [7, 11) is 0. The Morgan fingerprint density at radius 2 is 1.48 bits per heavy atom. The number of ether oxygens (including phenoxy) is 3. The largest absolute Gasteiger partial charge is 0.490 e. The number of unbranched alkanes of at least 4 members (excludes halogenated alkanes) is 4. The van der Waals surface area contributed by atoms with E-state index >= 15 is 0 Å². The van der Waals surface area contributed by atoms with Crippen LogP contribution in [0.3, 0.4) is 0 Å². The van der Waals surface area contributed by atoms with Crippen LogP contribution in [0, 0.1) is 33.6 Å². The van der Waals surface area contributed by atoms with Crippen LogP contribution < -0.4 is 14.2 Å². The summed E-state index contributed by atoms with van der Waals surface area (Å²) in [5, 5.41) is 11.4. The molecular weight excluding hydrogens is 696 g/mol. The molecule has 0 spiro atoms. The van der Waals surface area contributed by atoms with Gasteiger partial charge in [-0.05, 0) is 55.0 Å². The summed E-state index contributed by atoms with van der Waals surface area (Å²) in [6, 6.07) is 9.27. The van der Waals surface area contributed by atoms with Gasteiger partial charge in [0.1, 0.15) is 5.75 Å². The van der Waals surface area contributed by atoms with Gasteiger partial charge in [-0.15, -0.1) is 0 Å². The highest BCUT2D eigenvalue weighted by molar-refractivity contribution is 5.92. The van der Waals surface area contributed by atoms with Crippen LogP contribution in [0.25, 0.3) is 0 Å². The van der Waals surface area contributed by atoms with Gasteiger partial charge in [-0.1, -0.05) is 44.4 Å². The van der Waals surface area contributed by atoms with Crippen LogP contribution in [0.1, 0.15) is 60.5 Å². The van der Waals surface area contributed by atoms with Crippen molar-refractivity contribution in [2.24, 2.45) is 0 Å². The molecule has 7 nitrogen and oxygen atoms in total. The van der Waals surface area contributed by atoms with Gasteiger partial charge in [-0.2, -0.15) is 30.7 Å². The van der Waals surface area contributed by atoms with E-state index in [2.05, 4.69) is 23.5 Å². The van der Waals surface area contributed by atoms with Gasteiger partial charge in [-0.25, -0.2) is 18.0 Å². The Kier molecular flexibility index (Phi) is 13.1. The Bertz CT molecular complexity index is 1720. The number of rotatable bonds is 16. The van der Waals surface area contributed by atoms with Crippen molar-refractivity contribution in [3.05, 3.63) is 93.0 Å². The SMILES string of the molecule is CCCCCCCOc1ccc(C#Cc2ccc(OC(=O)c3ccc(OCC(F)(F)C(F)(F)C(F)(F)C(F)F)c([N+](=O)[O-])c3)cc2)c(F)c1F. The minimum absolute atomic E-state index is 0.140. The minimum atomic E-state index is -6.60. The van der Waals surface area contributed by atoms with Crippen molar-refractivity contribution in [3.8, 4) is 29.1 Å². The van der Waals surface area contributed by atoms with Gasteiger partial charge in [-0.3, -0.25) is 10.1 Å². The summed E-state index contributed by atoms with van der Waals surface area (Å²) < 4.78 is 149. The summed E-state index contributed by atoms with van der Waals surface area (Å²) in [6.45, 7) is -0.370. The van der Waals surface area contributed by atoms with Gasteiger partial charge >= 0.3 is 35.8 Å². The molecule has 17 heteroatoms. The van der Waals surface area contributed by atoms with Gasteiger partial charge < -0.3 is 14.2 Å². The molecule has 270 valence electrons. The van der Waals surface area contributed by atoms with Crippen LogP contribution in [-0.2, 0) is 0 Å². The molecule has 0 aliphatic carbocycles. The average molecular weight is 724 g/mol. The van der Waals surface area contributed by atoms with Crippen molar-refractivity contribution in [2.75, 3.05) is 13.2 Å². The summed E-state index contributed by atoms with van der Waals surface area (Å²) in [6.07, 6.45) is -0.432. The van der Waals surface area contributed by atoms with E-state index in [1.807, 2.05) is 0 Å². The Morgan fingerprint density at radius 1 is 0.840 bits per heavy atom. The molecule has 3 aromatic rings. The van der Waals surface area contributed by atoms with E-state index in [0.717, 1.165) is 31.7 Å². The molecule has 0 saturated heterocycles. The molecule has 3 aromatic carbocycles. The smallest absolute Gasteiger partial charge is 0.381 e. The topological polar surface area (TPSA) is 87.9 Å². The van der Waals surface area contributed by atoms with Crippen molar-refractivity contribution >= 4 is 11.7 Å². The van der Waals surface area contributed by atoms with Crippen LogP contribution in [-0.4, -0.2) is 48.3 Å². The molecular formula is C33H27F10NO6. The van der Waals surface area contributed by atoms with E-state index in [9.17, 15) is 58.8 Å². The average Bonchev–Trinajstić information content (AvgIpc) is 3.07. The number of halogens is 10. The lowest BCUT2D eigenvalue weighted by Crippen LogP contribution is -2.59. The zero-order valence-electron chi connectivity index (χ0n) is 25.9. The molecule has 0 aliphatic rings. The summed E-state index contributed by atoms with van der Waals surface area (Å²) in [5.41, 5.74) is -1.82. The number of hydrogen-bond acceptors (Lipinski definition) is 6. The first-order valence-corrected chi connectivity index (χ1v) is 14.7. The van der Waals surface area contributed by atoms with Crippen molar-refractivity contribution in [3.63, 3.8) is 0 Å². The normalized spacial score (nSPS) is 11.9. The fourth-order valence-electron chi connectivity index (χ4n) is 4.09. The fraction of sp³-hybridized carbons (Fsp3) is 0.364. The van der Waals surface area contributed by atoms with Crippen LogP contribution in [0.5, 0.6) is 17.2 Å². The number of benzene rings is 3. The maximum atomic E-state index is 14.5. The number of nitro groups is 1. The molecule has 0 amide bonds. The zero-order chi connectivity index (χ0) is 37.3. The molecule has 0 aliphatic heterocycles.